The molecule has 1 aromatic rings. The lowest BCUT2D eigenvalue weighted by Crippen LogP contribution is -2.60. The molecule has 1 fully saturated rings. The third kappa shape index (κ3) is 6.77. The first-order valence-corrected chi connectivity index (χ1v) is 11.5. The number of ketones is 1. The third-order valence-electron chi connectivity index (χ3n) is 6.23. The van der Waals surface area contributed by atoms with Crippen LogP contribution in [-0.2, 0) is 25.5 Å². The number of benzene rings is 1. The first-order valence-electron chi connectivity index (χ1n) is 11.5. The molecule has 0 aliphatic carbocycles. The second-order valence-corrected chi connectivity index (χ2v) is 10.00. The van der Waals surface area contributed by atoms with E-state index in [1.165, 1.54) is 6.92 Å². The molecule has 3 N–H and O–H groups in total. The average Bonchev–Trinajstić information content (AvgIpc) is 3.14. The fraction of sp³-hybridized carbons (Fsp3) is 0.640. The van der Waals surface area contributed by atoms with Crippen LogP contribution in [0.3, 0.4) is 0 Å². The molecule has 0 radical (unpaired) electrons. The second-order valence-electron chi connectivity index (χ2n) is 10.00. The number of Topliss-reactive ketones (excluding diaryl/α,β-unsaturated/α-hetero) is 1. The molecule has 8 heteroatoms. The van der Waals surface area contributed by atoms with E-state index >= 15 is 0 Å². The average molecular weight is 462 g/mol. The van der Waals surface area contributed by atoms with Crippen molar-refractivity contribution in [3.63, 3.8) is 0 Å². The van der Waals surface area contributed by atoms with Gasteiger partial charge in [0.2, 0.25) is 11.8 Å². The molecule has 8 nitrogen and oxygen atoms in total. The van der Waals surface area contributed by atoms with Gasteiger partial charge in [-0.15, -0.1) is 0 Å². The van der Waals surface area contributed by atoms with Gasteiger partial charge in [-0.05, 0) is 72.1 Å². The van der Waals surface area contributed by atoms with Crippen molar-refractivity contribution in [1.29, 1.82) is 0 Å². The monoisotopic (exact) mass is 461 g/mol. The summed E-state index contributed by atoms with van der Waals surface area (Å²) in [4.78, 5) is 40.6. The van der Waals surface area contributed by atoms with Gasteiger partial charge in [-0.25, -0.2) is 0 Å². The van der Waals surface area contributed by atoms with Gasteiger partial charge >= 0.3 is 0 Å². The Hall–Kier alpha value is -2.45. The van der Waals surface area contributed by atoms with Gasteiger partial charge in [0.15, 0.2) is 5.78 Å². The minimum absolute atomic E-state index is 0.0632. The molecule has 0 saturated carbocycles. The van der Waals surface area contributed by atoms with Gasteiger partial charge in [-0.2, -0.15) is 0 Å². The predicted octanol–water partition coefficient (Wildman–Crippen LogP) is 2.22. The zero-order chi connectivity index (χ0) is 25.0. The molecule has 0 spiro atoms. The Balaban J connectivity index is 2.27. The van der Waals surface area contributed by atoms with Crippen LogP contribution in [0, 0.1) is 0 Å². The summed E-state index contributed by atoms with van der Waals surface area (Å²) in [6, 6.07) is 5.50. The van der Waals surface area contributed by atoms with E-state index in [1.807, 2.05) is 32.9 Å². The van der Waals surface area contributed by atoms with Crippen molar-refractivity contribution in [3.05, 3.63) is 29.8 Å². The van der Waals surface area contributed by atoms with Crippen LogP contribution in [0.15, 0.2) is 24.3 Å². The molecule has 184 valence electrons. The van der Waals surface area contributed by atoms with Crippen LogP contribution in [0.2, 0.25) is 0 Å². The van der Waals surface area contributed by atoms with Crippen molar-refractivity contribution in [2.45, 2.75) is 90.1 Å². The highest BCUT2D eigenvalue weighted by atomic mass is 16.5. The topological polar surface area (TPSA) is 111 Å². The Morgan fingerprint density at radius 3 is 2.33 bits per heavy atom. The van der Waals surface area contributed by atoms with Gasteiger partial charge in [0.05, 0.1) is 24.4 Å². The molecular formula is C25H39N3O5. The first-order chi connectivity index (χ1) is 15.3. The molecule has 1 aromatic carbocycles. The number of ether oxygens (including phenoxy) is 2. The molecule has 2 rings (SSSR count). The SMILES string of the molecule is COc1ccc(C[C@H](NC(=O)[C@@H](N)[C@@H](C)OC(C)(C)C)C(=O)N2CCC[C@@]2(C)C(C)=O)cc1. The number of nitrogens with one attached hydrogen (secondary N) is 1. The number of amides is 2. The highest BCUT2D eigenvalue weighted by Gasteiger charge is 2.45. The normalized spacial score (nSPS) is 21.3. The summed E-state index contributed by atoms with van der Waals surface area (Å²) in [5, 5.41) is 2.84. The molecular weight excluding hydrogens is 422 g/mol. The van der Waals surface area contributed by atoms with E-state index < -0.39 is 35.2 Å². The van der Waals surface area contributed by atoms with Crippen LogP contribution in [0.5, 0.6) is 5.75 Å². The number of nitrogens with two attached hydrogens (primary N) is 1. The number of nitrogens with zero attached hydrogens (tertiary/aromatic N) is 1. The lowest BCUT2D eigenvalue weighted by molar-refractivity contribution is -0.145. The fourth-order valence-electron chi connectivity index (χ4n) is 4.18. The summed E-state index contributed by atoms with van der Waals surface area (Å²) in [6.07, 6.45) is 1.06. The zero-order valence-corrected chi connectivity index (χ0v) is 20.9. The number of likely N-dealkylation sites (tertiary alicyclic amines) is 1. The van der Waals surface area contributed by atoms with Crippen molar-refractivity contribution in [1.82, 2.24) is 10.2 Å². The molecule has 0 bridgehead atoms. The number of carbonyl (C=O) groups is 3. The number of hydrogen-bond donors (Lipinski definition) is 2. The standard InChI is InChI=1S/C25H39N3O5/c1-16(33-24(3,4)5)21(26)22(30)27-20(15-18-9-11-19(32-7)12-10-18)23(31)28-14-8-13-25(28,6)17(2)29/h9-12,16,20-21H,8,13-15,26H2,1-7H3,(H,27,30)/t16-,20+,21+,25+/m1/s1. The van der Waals surface area contributed by atoms with Gasteiger partial charge in [0, 0.05) is 13.0 Å². The number of hydrogen-bond acceptors (Lipinski definition) is 6. The molecule has 0 unspecified atom stereocenters. The number of methoxy groups -OCH3 is 1. The van der Waals surface area contributed by atoms with Gasteiger partial charge in [-0.1, -0.05) is 12.1 Å². The molecule has 1 heterocycles. The van der Waals surface area contributed by atoms with Gasteiger partial charge in [0.25, 0.3) is 0 Å². The van der Waals surface area contributed by atoms with Gasteiger partial charge < -0.3 is 25.4 Å². The van der Waals surface area contributed by atoms with Crippen LogP contribution in [0.4, 0.5) is 0 Å². The summed E-state index contributed by atoms with van der Waals surface area (Å²) in [5.41, 5.74) is 5.69. The summed E-state index contributed by atoms with van der Waals surface area (Å²) in [6.45, 7) is 11.2. The quantitative estimate of drug-likeness (QED) is 0.583. The zero-order valence-electron chi connectivity index (χ0n) is 20.9. The van der Waals surface area contributed by atoms with E-state index in [4.69, 9.17) is 15.2 Å². The molecule has 2 amide bonds. The largest absolute Gasteiger partial charge is 0.497 e. The van der Waals surface area contributed by atoms with Crippen molar-refractivity contribution in [2.24, 2.45) is 5.73 Å². The molecule has 1 aliphatic rings. The summed E-state index contributed by atoms with van der Waals surface area (Å²) >= 11 is 0. The maximum Gasteiger partial charge on any atom is 0.246 e. The molecule has 33 heavy (non-hydrogen) atoms. The number of carbonyl (C=O) groups excluding carboxylic acids is 3. The van der Waals surface area contributed by atoms with Crippen molar-refractivity contribution >= 4 is 17.6 Å². The van der Waals surface area contributed by atoms with Gasteiger partial charge in [-0.3, -0.25) is 14.4 Å². The maximum absolute atomic E-state index is 13.6. The van der Waals surface area contributed by atoms with Crippen LogP contribution in [0.1, 0.15) is 59.9 Å². The van der Waals surface area contributed by atoms with E-state index in [0.717, 1.165) is 12.0 Å². The minimum atomic E-state index is -0.951. The predicted molar refractivity (Wildman–Crippen MR) is 127 cm³/mol. The Labute approximate surface area is 197 Å². The first kappa shape index (κ1) is 26.8. The summed E-state index contributed by atoms with van der Waals surface area (Å²) in [5.74, 6) is -0.121. The van der Waals surface area contributed by atoms with E-state index in [-0.39, 0.29) is 18.1 Å². The number of rotatable bonds is 9. The van der Waals surface area contributed by atoms with Crippen molar-refractivity contribution < 1.29 is 23.9 Å². The van der Waals surface area contributed by atoms with E-state index in [2.05, 4.69) is 5.32 Å². The van der Waals surface area contributed by atoms with Crippen LogP contribution in [-0.4, -0.2) is 65.5 Å². The third-order valence-corrected chi connectivity index (χ3v) is 6.23. The van der Waals surface area contributed by atoms with E-state index in [1.54, 1.807) is 38.0 Å². The Morgan fingerprint density at radius 1 is 1.21 bits per heavy atom. The van der Waals surface area contributed by atoms with Gasteiger partial charge in [0.1, 0.15) is 17.8 Å². The molecule has 1 saturated heterocycles. The second kappa shape index (κ2) is 10.7. The van der Waals surface area contributed by atoms with Crippen LogP contribution < -0.4 is 15.8 Å². The van der Waals surface area contributed by atoms with Crippen molar-refractivity contribution in [3.8, 4) is 5.75 Å². The summed E-state index contributed by atoms with van der Waals surface area (Å²) in [7, 11) is 1.58. The Kier molecular flexibility index (Phi) is 8.65. The lowest BCUT2D eigenvalue weighted by Gasteiger charge is -2.36. The molecule has 4 atom stereocenters. The lowest BCUT2D eigenvalue weighted by atomic mass is 9.93. The summed E-state index contributed by atoms with van der Waals surface area (Å²) < 4.78 is 11.0. The molecule has 1 aliphatic heterocycles. The Morgan fingerprint density at radius 2 is 1.82 bits per heavy atom. The highest BCUT2D eigenvalue weighted by Crippen LogP contribution is 2.31. The minimum Gasteiger partial charge on any atom is -0.497 e. The fourth-order valence-corrected chi connectivity index (χ4v) is 4.18. The maximum atomic E-state index is 13.6. The van der Waals surface area contributed by atoms with E-state index in [9.17, 15) is 14.4 Å². The van der Waals surface area contributed by atoms with E-state index in [0.29, 0.717) is 18.7 Å². The smallest absolute Gasteiger partial charge is 0.246 e. The molecule has 0 aromatic heterocycles. The Bertz CT molecular complexity index is 849. The highest BCUT2D eigenvalue weighted by molar-refractivity contribution is 5.95. The van der Waals surface area contributed by atoms with Crippen LogP contribution >= 0.6 is 0 Å². The van der Waals surface area contributed by atoms with Crippen LogP contribution in [0.25, 0.3) is 0 Å². The van der Waals surface area contributed by atoms with Crippen molar-refractivity contribution in [2.75, 3.05) is 13.7 Å².